The summed E-state index contributed by atoms with van der Waals surface area (Å²) < 4.78 is 4.66. The summed E-state index contributed by atoms with van der Waals surface area (Å²) in [5, 5.41) is 13.3. The van der Waals surface area contributed by atoms with E-state index in [2.05, 4.69) is 10.1 Å². The van der Waals surface area contributed by atoms with Gasteiger partial charge in [0, 0.05) is 11.3 Å². The van der Waals surface area contributed by atoms with Crippen LogP contribution in [-0.2, 0) is 4.74 Å². The number of aryl methyl sites for hydroxylation is 1. The number of hydrogen-bond donors (Lipinski definition) is 2. The van der Waals surface area contributed by atoms with Crippen molar-refractivity contribution in [2.24, 2.45) is 0 Å². The van der Waals surface area contributed by atoms with Gasteiger partial charge in [-0.05, 0) is 49.7 Å². The number of ether oxygens (including phenoxy) is 1. The van der Waals surface area contributed by atoms with Gasteiger partial charge >= 0.3 is 5.97 Å². The molecule has 0 radical (unpaired) electrons. The molecule has 0 spiro atoms. The van der Waals surface area contributed by atoms with E-state index in [1.165, 1.54) is 7.11 Å². The Morgan fingerprint density at radius 2 is 1.86 bits per heavy atom. The molecule has 2 aromatic rings. The van der Waals surface area contributed by atoms with E-state index in [1.54, 1.807) is 18.2 Å². The zero-order valence-electron chi connectivity index (χ0n) is 12.4. The molecule has 0 bridgehead atoms. The number of aromatic hydroxyl groups is 1. The Morgan fingerprint density at radius 1 is 1.19 bits per heavy atom. The summed E-state index contributed by atoms with van der Waals surface area (Å²) in [7, 11) is 1.36. The molecule has 4 heteroatoms. The van der Waals surface area contributed by atoms with Gasteiger partial charge in [-0.25, -0.2) is 4.79 Å². The maximum atomic E-state index is 11.4. The molecule has 21 heavy (non-hydrogen) atoms. The number of carbonyl (C=O) groups is 1. The van der Waals surface area contributed by atoms with Crippen LogP contribution in [0.1, 0.15) is 34.5 Å². The Balaban J connectivity index is 2.12. The molecule has 0 aliphatic rings. The van der Waals surface area contributed by atoms with Crippen LogP contribution in [0.2, 0.25) is 0 Å². The Labute approximate surface area is 124 Å². The average molecular weight is 285 g/mol. The molecule has 0 heterocycles. The number of methoxy groups -OCH3 is 1. The molecular formula is C17H19NO3. The lowest BCUT2D eigenvalue weighted by atomic mass is 10.0. The van der Waals surface area contributed by atoms with Crippen LogP contribution < -0.4 is 5.32 Å². The number of phenols is 1. The summed E-state index contributed by atoms with van der Waals surface area (Å²) in [5.74, 6) is -0.0769. The highest BCUT2D eigenvalue weighted by atomic mass is 16.5. The Morgan fingerprint density at radius 3 is 2.43 bits per heavy atom. The average Bonchev–Trinajstić information content (AvgIpc) is 2.47. The number of carbonyl (C=O) groups excluding carboxylic acids is 1. The highest BCUT2D eigenvalue weighted by Crippen LogP contribution is 2.27. The van der Waals surface area contributed by atoms with E-state index in [-0.39, 0.29) is 17.8 Å². The van der Waals surface area contributed by atoms with Crippen LogP contribution in [0.25, 0.3) is 0 Å². The van der Waals surface area contributed by atoms with Crippen molar-refractivity contribution >= 4 is 11.7 Å². The molecule has 1 atom stereocenters. The van der Waals surface area contributed by atoms with E-state index in [1.807, 2.05) is 38.1 Å². The fraction of sp³-hybridized carbons (Fsp3) is 0.235. The van der Waals surface area contributed by atoms with Crippen molar-refractivity contribution in [3.63, 3.8) is 0 Å². The molecule has 0 aromatic heterocycles. The monoisotopic (exact) mass is 285 g/mol. The van der Waals surface area contributed by atoms with Gasteiger partial charge in [-0.1, -0.05) is 12.1 Å². The summed E-state index contributed by atoms with van der Waals surface area (Å²) in [4.78, 5) is 11.4. The van der Waals surface area contributed by atoms with Crippen molar-refractivity contribution < 1.29 is 14.6 Å². The molecule has 0 fully saturated rings. The second-order valence-corrected chi connectivity index (χ2v) is 5.00. The van der Waals surface area contributed by atoms with Gasteiger partial charge in [0.05, 0.1) is 18.7 Å². The Kier molecular flexibility index (Phi) is 4.48. The molecular weight excluding hydrogens is 266 g/mol. The van der Waals surface area contributed by atoms with E-state index in [0.29, 0.717) is 5.56 Å². The van der Waals surface area contributed by atoms with Crippen LogP contribution in [0, 0.1) is 6.92 Å². The molecule has 0 aliphatic carbocycles. The molecule has 0 aliphatic heterocycles. The number of phenolic OH excluding ortho intramolecular Hbond substituents is 1. The van der Waals surface area contributed by atoms with Crippen LogP contribution in [0.15, 0.2) is 42.5 Å². The first-order valence-corrected chi connectivity index (χ1v) is 6.75. The maximum absolute atomic E-state index is 11.4. The fourth-order valence-electron chi connectivity index (χ4n) is 2.17. The van der Waals surface area contributed by atoms with Crippen LogP contribution in [-0.4, -0.2) is 18.2 Å². The van der Waals surface area contributed by atoms with Crippen molar-refractivity contribution in [3.8, 4) is 5.75 Å². The summed E-state index contributed by atoms with van der Waals surface area (Å²) in [5.41, 5.74) is 3.23. The lowest BCUT2D eigenvalue weighted by molar-refractivity contribution is 0.0601. The highest BCUT2D eigenvalue weighted by molar-refractivity contribution is 5.89. The third-order valence-corrected chi connectivity index (χ3v) is 3.34. The summed E-state index contributed by atoms with van der Waals surface area (Å²) in [6, 6.07) is 12.6. The highest BCUT2D eigenvalue weighted by Gasteiger charge is 2.11. The molecule has 0 saturated carbocycles. The van der Waals surface area contributed by atoms with Crippen LogP contribution in [0.3, 0.4) is 0 Å². The van der Waals surface area contributed by atoms with Crippen molar-refractivity contribution in [3.05, 3.63) is 59.2 Å². The molecule has 2 aromatic carbocycles. The van der Waals surface area contributed by atoms with Gasteiger partial charge in [0.2, 0.25) is 0 Å². The number of nitrogens with one attached hydrogen (secondary N) is 1. The third kappa shape index (κ3) is 3.54. The largest absolute Gasteiger partial charge is 0.508 e. The first-order valence-electron chi connectivity index (χ1n) is 6.75. The molecule has 2 N–H and O–H groups in total. The van der Waals surface area contributed by atoms with E-state index in [4.69, 9.17) is 0 Å². The smallest absolute Gasteiger partial charge is 0.337 e. The summed E-state index contributed by atoms with van der Waals surface area (Å²) in [6.45, 7) is 3.91. The molecule has 4 nitrogen and oxygen atoms in total. The van der Waals surface area contributed by atoms with E-state index in [0.717, 1.165) is 16.8 Å². The predicted molar refractivity (Wildman–Crippen MR) is 82.7 cm³/mol. The number of rotatable bonds is 4. The summed E-state index contributed by atoms with van der Waals surface area (Å²) >= 11 is 0. The number of esters is 1. The molecule has 0 amide bonds. The van der Waals surface area contributed by atoms with E-state index < -0.39 is 0 Å². The quantitative estimate of drug-likeness (QED) is 0.842. The Hall–Kier alpha value is -2.49. The lowest BCUT2D eigenvalue weighted by Crippen LogP contribution is -2.07. The van der Waals surface area contributed by atoms with Crippen molar-refractivity contribution in [2.45, 2.75) is 19.9 Å². The molecule has 2 rings (SSSR count). The maximum Gasteiger partial charge on any atom is 0.337 e. The van der Waals surface area contributed by atoms with Gasteiger partial charge in [-0.15, -0.1) is 0 Å². The molecule has 110 valence electrons. The number of hydrogen-bond acceptors (Lipinski definition) is 4. The standard InChI is InChI=1S/C17H19NO3/c1-11-4-9-15(16(19)10-11)12(2)18-14-7-5-13(6-8-14)17(20)21-3/h4-10,12,18-19H,1-3H3. The molecule has 0 saturated heterocycles. The summed E-state index contributed by atoms with van der Waals surface area (Å²) in [6.07, 6.45) is 0. The van der Waals surface area contributed by atoms with Crippen LogP contribution >= 0.6 is 0 Å². The van der Waals surface area contributed by atoms with Crippen LogP contribution in [0.4, 0.5) is 5.69 Å². The van der Waals surface area contributed by atoms with Gasteiger partial charge in [0.1, 0.15) is 5.75 Å². The second-order valence-electron chi connectivity index (χ2n) is 5.00. The molecule has 1 unspecified atom stereocenters. The minimum atomic E-state index is -0.356. The van der Waals surface area contributed by atoms with E-state index in [9.17, 15) is 9.90 Å². The topological polar surface area (TPSA) is 58.6 Å². The SMILES string of the molecule is COC(=O)c1ccc(NC(C)c2ccc(C)cc2O)cc1. The van der Waals surface area contributed by atoms with Gasteiger partial charge < -0.3 is 15.2 Å². The first-order chi connectivity index (χ1) is 10.0. The minimum Gasteiger partial charge on any atom is -0.508 e. The van der Waals surface area contributed by atoms with Gasteiger partial charge in [-0.2, -0.15) is 0 Å². The number of anilines is 1. The zero-order valence-corrected chi connectivity index (χ0v) is 12.4. The predicted octanol–water partition coefficient (Wildman–Crippen LogP) is 3.66. The zero-order chi connectivity index (χ0) is 15.4. The normalized spacial score (nSPS) is 11.8. The second kappa shape index (κ2) is 6.31. The van der Waals surface area contributed by atoms with Crippen molar-refractivity contribution in [1.29, 1.82) is 0 Å². The minimum absolute atomic E-state index is 0.0467. The Bertz CT molecular complexity index is 635. The lowest BCUT2D eigenvalue weighted by Gasteiger charge is -2.17. The van der Waals surface area contributed by atoms with Crippen LogP contribution in [0.5, 0.6) is 5.75 Å². The van der Waals surface area contributed by atoms with Gasteiger partial charge in [0.25, 0.3) is 0 Å². The van der Waals surface area contributed by atoms with Gasteiger partial charge in [0.15, 0.2) is 0 Å². The fourth-order valence-corrected chi connectivity index (χ4v) is 2.17. The number of benzene rings is 2. The van der Waals surface area contributed by atoms with Crippen molar-refractivity contribution in [2.75, 3.05) is 12.4 Å². The third-order valence-electron chi connectivity index (χ3n) is 3.34. The first kappa shape index (κ1) is 14.9. The van der Waals surface area contributed by atoms with Gasteiger partial charge in [-0.3, -0.25) is 0 Å². The van der Waals surface area contributed by atoms with Crippen molar-refractivity contribution in [1.82, 2.24) is 0 Å². The van der Waals surface area contributed by atoms with E-state index >= 15 is 0 Å².